The highest BCUT2D eigenvalue weighted by Gasteiger charge is 2.36. The Balaban J connectivity index is 2.19. The molecule has 20 heavy (non-hydrogen) atoms. The minimum Gasteiger partial charge on any atom is -0.425 e. The summed E-state index contributed by atoms with van der Waals surface area (Å²) in [5.41, 5.74) is 6.58. The fourth-order valence-electron chi connectivity index (χ4n) is 3.07. The van der Waals surface area contributed by atoms with Gasteiger partial charge in [0.05, 0.1) is 0 Å². The maximum absolute atomic E-state index is 12.3. The number of rotatable bonds is 1. The molecular weight excluding hydrogens is 248 g/mol. The van der Waals surface area contributed by atoms with Gasteiger partial charge in [-0.05, 0) is 44.4 Å². The van der Waals surface area contributed by atoms with Crippen molar-refractivity contribution in [3.05, 3.63) is 63.7 Å². The molecule has 0 aromatic heterocycles. The predicted octanol–water partition coefficient (Wildman–Crippen LogP) is 3.97. The van der Waals surface area contributed by atoms with Crippen LogP contribution in [0.2, 0.25) is 0 Å². The molecule has 0 aliphatic carbocycles. The van der Waals surface area contributed by atoms with Crippen LogP contribution in [0.4, 0.5) is 0 Å². The summed E-state index contributed by atoms with van der Waals surface area (Å²) in [5.74, 6) is 0.287. The van der Waals surface area contributed by atoms with E-state index >= 15 is 0 Å². The monoisotopic (exact) mass is 266 g/mol. The van der Waals surface area contributed by atoms with E-state index in [1.54, 1.807) is 0 Å². The highest BCUT2D eigenvalue weighted by Crippen LogP contribution is 2.42. The van der Waals surface area contributed by atoms with E-state index in [0.717, 1.165) is 33.6 Å². The van der Waals surface area contributed by atoms with Crippen molar-refractivity contribution in [1.29, 1.82) is 0 Å². The summed E-state index contributed by atoms with van der Waals surface area (Å²) < 4.78 is 5.51. The van der Waals surface area contributed by atoms with Crippen LogP contribution >= 0.6 is 0 Å². The van der Waals surface area contributed by atoms with E-state index in [1.165, 1.54) is 5.56 Å². The molecule has 1 heterocycles. The van der Waals surface area contributed by atoms with Gasteiger partial charge in [0.1, 0.15) is 11.7 Å². The zero-order valence-corrected chi connectivity index (χ0v) is 12.3. The van der Waals surface area contributed by atoms with Crippen molar-refractivity contribution < 1.29 is 9.53 Å². The van der Waals surface area contributed by atoms with E-state index in [2.05, 4.69) is 45.0 Å². The number of esters is 1. The Morgan fingerprint density at radius 1 is 0.850 bits per heavy atom. The average molecular weight is 266 g/mol. The lowest BCUT2D eigenvalue weighted by Crippen LogP contribution is -2.12. The fourth-order valence-corrected chi connectivity index (χ4v) is 3.07. The summed E-state index contributed by atoms with van der Waals surface area (Å²) >= 11 is 0. The van der Waals surface area contributed by atoms with E-state index in [-0.39, 0.29) is 11.9 Å². The van der Waals surface area contributed by atoms with Gasteiger partial charge in [0.25, 0.3) is 0 Å². The molecule has 0 N–H and O–H groups in total. The molecule has 0 saturated carbocycles. The molecule has 1 atom stereocenters. The van der Waals surface area contributed by atoms with Crippen molar-refractivity contribution in [2.24, 2.45) is 0 Å². The smallest absolute Gasteiger partial charge is 0.323 e. The molecule has 0 saturated heterocycles. The summed E-state index contributed by atoms with van der Waals surface area (Å²) in [6.07, 6.45) is 0. The van der Waals surface area contributed by atoms with Crippen LogP contribution in [0.1, 0.15) is 39.3 Å². The van der Waals surface area contributed by atoms with E-state index in [9.17, 15) is 4.79 Å². The van der Waals surface area contributed by atoms with E-state index < -0.39 is 0 Å². The Labute approximate surface area is 119 Å². The van der Waals surface area contributed by atoms with Gasteiger partial charge in [0.15, 0.2) is 0 Å². The lowest BCUT2D eigenvalue weighted by Gasteiger charge is -2.12. The normalized spacial score (nSPS) is 17.0. The lowest BCUT2D eigenvalue weighted by atomic mass is 9.87. The first-order valence-corrected chi connectivity index (χ1v) is 6.87. The number of carbonyl (C=O) groups excluding carboxylic acids is 1. The number of fused-ring (bicyclic) bond motifs is 1. The van der Waals surface area contributed by atoms with Crippen LogP contribution in [-0.4, -0.2) is 5.97 Å². The third kappa shape index (κ3) is 1.92. The standard InChI is InChI=1S/C18H18O2/c1-10-5-6-14(12(3)7-10)16-15-9-11(2)8-13(4)17(15)20-18(16)19/h5-9,16H,1-4H3. The first-order valence-electron chi connectivity index (χ1n) is 6.87. The van der Waals surface area contributed by atoms with Crippen LogP contribution in [0.5, 0.6) is 5.75 Å². The molecule has 0 spiro atoms. The molecule has 0 radical (unpaired) electrons. The maximum atomic E-state index is 12.3. The van der Waals surface area contributed by atoms with Crippen LogP contribution in [0.25, 0.3) is 0 Å². The van der Waals surface area contributed by atoms with Gasteiger partial charge in [-0.15, -0.1) is 0 Å². The van der Waals surface area contributed by atoms with Crippen molar-refractivity contribution in [3.8, 4) is 5.75 Å². The Hall–Kier alpha value is -2.09. The van der Waals surface area contributed by atoms with Gasteiger partial charge in [0.2, 0.25) is 0 Å². The van der Waals surface area contributed by atoms with Crippen LogP contribution < -0.4 is 4.74 Å². The molecular formula is C18H18O2. The van der Waals surface area contributed by atoms with Crippen molar-refractivity contribution in [2.75, 3.05) is 0 Å². The second-order valence-electron chi connectivity index (χ2n) is 5.71. The van der Waals surface area contributed by atoms with Gasteiger partial charge in [-0.25, -0.2) is 0 Å². The van der Waals surface area contributed by atoms with Crippen molar-refractivity contribution in [1.82, 2.24) is 0 Å². The number of hydrogen-bond acceptors (Lipinski definition) is 2. The van der Waals surface area contributed by atoms with Gasteiger partial charge in [-0.3, -0.25) is 4.79 Å². The zero-order chi connectivity index (χ0) is 14.4. The largest absolute Gasteiger partial charge is 0.425 e. The Kier molecular flexibility index (Phi) is 2.89. The highest BCUT2D eigenvalue weighted by atomic mass is 16.5. The van der Waals surface area contributed by atoms with Crippen molar-refractivity contribution >= 4 is 5.97 Å². The summed E-state index contributed by atoms with van der Waals surface area (Å²) in [5, 5.41) is 0. The molecule has 2 heteroatoms. The first kappa shape index (κ1) is 12.9. The Morgan fingerprint density at radius 2 is 1.55 bits per heavy atom. The summed E-state index contributed by atoms with van der Waals surface area (Å²) in [6.45, 7) is 8.15. The van der Waals surface area contributed by atoms with Crippen molar-refractivity contribution in [2.45, 2.75) is 33.6 Å². The minimum absolute atomic E-state index is 0.166. The van der Waals surface area contributed by atoms with Gasteiger partial charge >= 0.3 is 5.97 Å². The molecule has 0 fully saturated rings. The highest BCUT2D eigenvalue weighted by molar-refractivity contribution is 5.90. The van der Waals surface area contributed by atoms with Crippen LogP contribution in [0, 0.1) is 27.7 Å². The summed E-state index contributed by atoms with van der Waals surface area (Å²) in [6, 6.07) is 10.3. The molecule has 2 aromatic carbocycles. The van der Waals surface area contributed by atoms with Crippen molar-refractivity contribution in [3.63, 3.8) is 0 Å². The molecule has 1 unspecified atom stereocenters. The molecule has 0 amide bonds. The minimum atomic E-state index is -0.288. The number of benzene rings is 2. The van der Waals surface area contributed by atoms with Crippen LogP contribution in [0.3, 0.4) is 0 Å². The second-order valence-corrected chi connectivity index (χ2v) is 5.71. The molecule has 1 aliphatic heterocycles. The molecule has 0 bridgehead atoms. The van der Waals surface area contributed by atoms with E-state index in [0.29, 0.717) is 0 Å². The average Bonchev–Trinajstić information content (AvgIpc) is 2.67. The number of aryl methyl sites for hydroxylation is 4. The molecule has 2 nitrogen and oxygen atoms in total. The lowest BCUT2D eigenvalue weighted by molar-refractivity contribution is -0.133. The maximum Gasteiger partial charge on any atom is 0.323 e. The number of carbonyl (C=O) groups is 1. The number of ether oxygens (including phenoxy) is 1. The van der Waals surface area contributed by atoms with E-state index in [1.807, 2.05) is 13.0 Å². The van der Waals surface area contributed by atoms with Crippen LogP contribution in [-0.2, 0) is 4.79 Å². The molecule has 1 aliphatic rings. The van der Waals surface area contributed by atoms with Gasteiger partial charge < -0.3 is 4.74 Å². The molecule has 3 rings (SSSR count). The molecule has 102 valence electrons. The van der Waals surface area contributed by atoms with Gasteiger partial charge in [-0.2, -0.15) is 0 Å². The second kappa shape index (κ2) is 4.48. The Morgan fingerprint density at radius 3 is 2.25 bits per heavy atom. The quantitative estimate of drug-likeness (QED) is 0.576. The Bertz CT molecular complexity index is 714. The topological polar surface area (TPSA) is 26.3 Å². The van der Waals surface area contributed by atoms with Gasteiger partial charge in [0, 0.05) is 5.56 Å². The predicted molar refractivity (Wildman–Crippen MR) is 79.3 cm³/mol. The third-order valence-corrected chi connectivity index (χ3v) is 3.93. The first-order chi connectivity index (χ1) is 9.47. The summed E-state index contributed by atoms with van der Waals surface area (Å²) in [7, 11) is 0. The zero-order valence-electron chi connectivity index (χ0n) is 12.3. The summed E-state index contributed by atoms with van der Waals surface area (Å²) in [4.78, 5) is 12.3. The molecule has 2 aromatic rings. The van der Waals surface area contributed by atoms with Crippen LogP contribution in [0.15, 0.2) is 30.3 Å². The number of hydrogen-bond donors (Lipinski definition) is 0. The van der Waals surface area contributed by atoms with E-state index in [4.69, 9.17) is 4.74 Å². The SMILES string of the molecule is Cc1ccc(C2C(=O)Oc3c(C)cc(C)cc32)c(C)c1. The fraction of sp³-hybridized carbons (Fsp3) is 0.278. The third-order valence-electron chi connectivity index (χ3n) is 3.93. The van der Waals surface area contributed by atoms with Gasteiger partial charge in [-0.1, -0.05) is 41.5 Å².